The molecule has 0 radical (unpaired) electrons. The zero-order chi connectivity index (χ0) is 21.8. The van der Waals surface area contributed by atoms with Crippen LogP contribution in [0.4, 0.5) is 13.6 Å². The van der Waals surface area contributed by atoms with Crippen molar-refractivity contribution in [3.05, 3.63) is 64.7 Å². The maximum atomic E-state index is 14.2. The molecule has 1 aromatic heterocycles. The van der Waals surface area contributed by atoms with Gasteiger partial charge in [-0.3, -0.25) is 9.69 Å². The number of aromatic nitrogens is 2. The number of phenols is 1. The van der Waals surface area contributed by atoms with E-state index >= 15 is 0 Å². The molecule has 31 heavy (non-hydrogen) atoms. The summed E-state index contributed by atoms with van der Waals surface area (Å²) in [5.41, 5.74) is -0.0816. The Labute approximate surface area is 179 Å². The van der Waals surface area contributed by atoms with Crippen LogP contribution in [0.1, 0.15) is 23.4 Å². The van der Waals surface area contributed by atoms with Crippen molar-refractivity contribution in [3.8, 4) is 16.3 Å². The standard InChI is InChI=1S/C21H16F2N4O3S/c22-14-7-6-13(16(23)17(14)28)18-25-24-15(31-18)11-27-20(30)26(19(29)21(27)8-9-21)10-12-4-2-1-3-5-12/h1-7,28H,8-11H2. The Hall–Kier alpha value is -3.40. The molecule has 2 heterocycles. The molecule has 158 valence electrons. The molecule has 1 N–H and O–H groups in total. The monoisotopic (exact) mass is 442 g/mol. The van der Waals surface area contributed by atoms with E-state index in [1.165, 1.54) is 15.9 Å². The molecule has 1 saturated carbocycles. The van der Waals surface area contributed by atoms with Crippen molar-refractivity contribution in [2.75, 3.05) is 0 Å². The summed E-state index contributed by atoms with van der Waals surface area (Å²) in [6.07, 6.45) is 1.16. The molecular weight excluding hydrogens is 426 g/mol. The first kappa shape index (κ1) is 19.6. The fourth-order valence-corrected chi connectivity index (χ4v) is 4.62. The fourth-order valence-electron chi connectivity index (χ4n) is 3.78. The van der Waals surface area contributed by atoms with Gasteiger partial charge in [0.25, 0.3) is 5.91 Å². The van der Waals surface area contributed by atoms with Gasteiger partial charge in [-0.1, -0.05) is 41.7 Å². The molecule has 10 heteroatoms. The average Bonchev–Trinajstić information content (AvgIpc) is 3.41. The highest BCUT2D eigenvalue weighted by atomic mass is 32.1. The summed E-state index contributed by atoms with van der Waals surface area (Å²) in [4.78, 5) is 28.8. The van der Waals surface area contributed by atoms with Gasteiger partial charge >= 0.3 is 6.03 Å². The summed E-state index contributed by atoms with van der Waals surface area (Å²) in [6, 6.07) is 11.0. The first-order valence-corrected chi connectivity index (χ1v) is 10.4. The Morgan fingerprint density at radius 2 is 1.77 bits per heavy atom. The minimum absolute atomic E-state index is 0.0579. The van der Waals surface area contributed by atoms with E-state index < -0.39 is 29.0 Å². The van der Waals surface area contributed by atoms with Crippen LogP contribution in [0.2, 0.25) is 0 Å². The highest BCUT2D eigenvalue weighted by Crippen LogP contribution is 2.49. The lowest BCUT2D eigenvalue weighted by molar-refractivity contribution is -0.129. The molecule has 0 atom stereocenters. The molecular formula is C21H16F2N4O3S. The van der Waals surface area contributed by atoms with Crippen LogP contribution in [-0.4, -0.2) is 42.6 Å². The van der Waals surface area contributed by atoms with Gasteiger partial charge in [-0.2, -0.15) is 0 Å². The first-order chi connectivity index (χ1) is 14.9. The minimum atomic E-state index is -1.12. The van der Waals surface area contributed by atoms with E-state index in [4.69, 9.17) is 0 Å². The number of halogens is 2. The molecule has 3 amide bonds. The van der Waals surface area contributed by atoms with E-state index in [1.807, 2.05) is 30.3 Å². The number of urea groups is 1. The largest absolute Gasteiger partial charge is 0.503 e. The Balaban J connectivity index is 1.39. The van der Waals surface area contributed by atoms with Crippen LogP contribution >= 0.6 is 11.3 Å². The predicted octanol–water partition coefficient (Wildman–Crippen LogP) is 3.69. The molecule has 1 aliphatic carbocycles. The fraction of sp³-hybridized carbons (Fsp3) is 0.238. The minimum Gasteiger partial charge on any atom is -0.503 e. The summed E-state index contributed by atoms with van der Waals surface area (Å²) in [5.74, 6) is -3.49. The quantitative estimate of drug-likeness (QED) is 0.609. The second kappa shape index (κ2) is 7.09. The van der Waals surface area contributed by atoms with Crippen molar-refractivity contribution < 1.29 is 23.5 Å². The number of carbonyl (C=O) groups is 2. The van der Waals surface area contributed by atoms with Crippen LogP contribution in [0.5, 0.6) is 5.75 Å². The number of amides is 3. The van der Waals surface area contributed by atoms with E-state index in [0.29, 0.717) is 17.8 Å². The zero-order valence-electron chi connectivity index (χ0n) is 16.1. The second-order valence-electron chi connectivity index (χ2n) is 7.54. The van der Waals surface area contributed by atoms with Gasteiger partial charge in [0.05, 0.1) is 18.7 Å². The van der Waals surface area contributed by atoms with Gasteiger partial charge < -0.3 is 10.0 Å². The third-order valence-electron chi connectivity index (χ3n) is 5.59. The smallest absolute Gasteiger partial charge is 0.328 e. The van der Waals surface area contributed by atoms with Crippen molar-refractivity contribution in [2.45, 2.75) is 31.5 Å². The van der Waals surface area contributed by atoms with E-state index in [-0.39, 0.29) is 29.6 Å². The molecule has 3 aromatic rings. The van der Waals surface area contributed by atoms with Gasteiger partial charge in [0.2, 0.25) is 0 Å². The maximum Gasteiger partial charge on any atom is 0.328 e. The van der Waals surface area contributed by atoms with Gasteiger partial charge in [-0.15, -0.1) is 10.2 Å². The third kappa shape index (κ3) is 3.14. The van der Waals surface area contributed by atoms with Crippen LogP contribution in [0.3, 0.4) is 0 Å². The lowest BCUT2D eigenvalue weighted by atomic mass is 10.2. The molecule has 2 aromatic carbocycles. The van der Waals surface area contributed by atoms with E-state index in [1.54, 1.807) is 0 Å². The molecule has 0 bridgehead atoms. The van der Waals surface area contributed by atoms with Gasteiger partial charge in [0, 0.05) is 0 Å². The summed E-state index contributed by atoms with van der Waals surface area (Å²) in [5, 5.41) is 18.0. The Bertz CT molecular complexity index is 1200. The van der Waals surface area contributed by atoms with Crippen molar-refractivity contribution in [1.29, 1.82) is 0 Å². The summed E-state index contributed by atoms with van der Waals surface area (Å²) in [6.45, 7) is 0.251. The van der Waals surface area contributed by atoms with Crippen molar-refractivity contribution in [1.82, 2.24) is 20.0 Å². The number of rotatable bonds is 5. The van der Waals surface area contributed by atoms with Crippen LogP contribution in [0.15, 0.2) is 42.5 Å². The number of imide groups is 1. The highest BCUT2D eigenvalue weighted by Gasteiger charge is 2.64. The molecule has 7 nitrogen and oxygen atoms in total. The molecule has 1 saturated heterocycles. The van der Waals surface area contributed by atoms with Gasteiger partial charge in [0.1, 0.15) is 10.5 Å². The van der Waals surface area contributed by atoms with Crippen molar-refractivity contribution in [2.24, 2.45) is 0 Å². The average molecular weight is 442 g/mol. The van der Waals surface area contributed by atoms with Crippen molar-refractivity contribution in [3.63, 3.8) is 0 Å². The van der Waals surface area contributed by atoms with Gasteiger partial charge in [-0.05, 0) is 30.5 Å². The highest BCUT2D eigenvalue weighted by molar-refractivity contribution is 7.14. The molecule has 1 aliphatic heterocycles. The number of benzene rings is 2. The molecule has 2 aliphatic rings. The van der Waals surface area contributed by atoms with Crippen LogP contribution < -0.4 is 0 Å². The summed E-state index contributed by atoms with van der Waals surface area (Å²) in [7, 11) is 0. The molecule has 0 unspecified atom stereocenters. The molecule has 5 rings (SSSR count). The van der Waals surface area contributed by atoms with Gasteiger partial charge in [0.15, 0.2) is 22.4 Å². The second-order valence-corrected chi connectivity index (χ2v) is 8.60. The number of aromatic hydroxyl groups is 1. The number of phenolic OH excluding ortho intramolecular Hbond substituents is 1. The zero-order valence-corrected chi connectivity index (χ0v) is 16.9. The Kier molecular flexibility index (Phi) is 4.47. The predicted molar refractivity (Wildman–Crippen MR) is 107 cm³/mol. The van der Waals surface area contributed by atoms with Gasteiger partial charge in [-0.25, -0.2) is 13.6 Å². The number of carbonyl (C=O) groups excluding carboxylic acids is 2. The SMILES string of the molecule is O=C1N(Cc2ccccc2)C(=O)C2(CC2)N1Cc1nnc(-c2ccc(F)c(O)c2F)s1. The number of hydrogen-bond acceptors (Lipinski definition) is 6. The summed E-state index contributed by atoms with van der Waals surface area (Å²) >= 11 is 1.02. The third-order valence-corrected chi connectivity index (χ3v) is 6.53. The lowest BCUT2D eigenvalue weighted by Gasteiger charge is -2.19. The van der Waals surface area contributed by atoms with Crippen LogP contribution in [0.25, 0.3) is 10.6 Å². The topological polar surface area (TPSA) is 86.6 Å². The molecule has 1 spiro atoms. The van der Waals surface area contributed by atoms with Crippen LogP contribution in [0, 0.1) is 11.6 Å². The maximum absolute atomic E-state index is 14.2. The van der Waals surface area contributed by atoms with E-state index in [9.17, 15) is 23.5 Å². The number of nitrogens with zero attached hydrogens (tertiary/aromatic N) is 4. The normalized spacial score (nSPS) is 17.1. The first-order valence-electron chi connectivity index (χ1n) is 9.58. The lowest BCUT2D eigenvalue weighted by Crippen LogP contribution is -2.36. The van der Waals surface area contributed by atoms with Crippen LogP contribution in [-0.2, 0) is 17.9 Å². The number of hydrogen-bond donors (Lipinski definition) is 1. The van der Waals surface area contributed by atoms with E-state index in [0.717, 1.165) is 23.0 Å². The van der Waals surface area contributed by atoms with E-state index in [2.05, 4.69) is 10.2 Å². The Morgan fingerprint density at radius 3 is 2.48 bits per heavy atom. The van der Waals surface area contributed by atoms with Crippen molar-refractivity contribution >= 4 is 23.3 Å². The molecule has 2 fully saturated rings. The Morgan fingerprint density at radius 1 is 1.03 bits per heavy atom. The summed E-state index contributed by atoms with van der Waals surface area (Å²) < 4.78 is 27.5.